The highest BCUT2D eigenvalue weighted by atomic mass is 19.1. The van der Waals surface area contributed by atoms with Gasteiger partial charge in [-0.05, 0) is 116 Å². The van der Waals surface area contributed by atoms with Gasteiger partial charge in [0.25, 0.3) is 0 Å². The predicted octanol–water partition coefficient (Wildman–Crippen LogP) is 6.80. The molecule has 1 aromatic rings. The van der Waals surface area contributed by atoms with Crippen LogP contribution in [0.3, 0.4) is 0 Å². The first-order valence-corrected chi connectivity index (χ1v) is 14.6. The minimum absolute atomic E-state index is 0.144. The lowest BCUT2D eigenvalue weighted by Crippen LogP contribution is -2.58. The Labute approximate surface area is 215 Å². The third-order valence-electron chi connectivity index (χ3n) is 12.0. The van der Waals surface area contributed by atoms with Gasteiger partial charge in [-0.15, -0.1) is 0 Å². The van der Waals surface area contributed by atoms with Crippen LogP contribution in [0.1, 0.15) is 103 Å². The Bertz CT molecular complexity index is 918. The maximum Gasteiger partial charge on any atom is 0.131 e. The second kappa shape index (κ2) is 9.93. The van der Waals surface area contributed by atoms with Crippen LogP contribution in [0.25, 0.3) is 0 Å². The van der Waals surface area contributed by atoms with Crippen molar-refractivity contribution in [2.45, 2.75) is 110 Å². The molecule has 0 spiro atoms. The minimum atomic E-state index is -1.10. The molecule has 0 heterocycles. The lowest BCUT2D eigenvalue weighted by molar-refractivity contribution is -0.174. The lowest BCUT2D eigenvalue weighted by Gasteiger charge is -2.62. The molecule has 5 heteroatoms. The number of hydrogen-bond donors (Lipinski definition) is 3. The fourth-order valence-corrected chi connectivity index (χ4v) is 10.1. The summed E-state index contributed by atoms with van der Waals surface area (Å²) >= 11 is 0. The zero-order valence-electron chi connectivity index (χ0n) is 22.3. The quantitative estimate of drug-likeness (QED) is 0.399. The van der Waals surface area contributed by atoms with E-state index < -0.39 is 29.9 Å². The summed E-state index contributed by atoms with van der Waals surface area (Å²) in [6, 6.07) is 3.76. The fourth-order valence-electron chi connectivity index (χ4n) is 10.1. The molecule has 0 bridgehead atoms. The lowest BCUT2D eigenvalue weighted by atomic mass is 9.44. The summed E-state index contributed by atoms with van der Waals surface area (Å²) in [7, 11) is 0. The van der Waals surface area contributed by atoms with E-state index in [1.165, 1.54) is 50.3 Å². The molecular formula is C31H46F2O3. The Morgan fingerprint density at radius 2 is 1.50 bits per heavy atom. The number of fused-ring (bicyclic) bond motifs is 5. The molecule has 2 unspecified atom stereocenters. The summed E-state index contributed by atoms with van der Waals surface area (Å²) in [5, 5.41) is 31.6. The Balaban J connectivity index is 1.22. The molecule has 0 aliphatic heterocycles. The molecule has 4 aliphatic rings. The van der Waals surface area contributed by atoms with E-state index in [0.29, 0.717) is 29.6 Å². The fraction of sp³-hybridized carbons (Fsp3) is 0.806. The van der Waals surface area contributed by atoms with Crippen LogP contribution in [0, 0.1) is 58.0 Å². The molecule has 4 fully saturated rings. The summed E-state index contributed by atoms with van der Waals surface area (Å²) in [5.74, 6) is 2.16. The number of hydrogen-bond acceptors (Lipinski definition) is 3. The monoisotopic (exact) mass is 504 g/mol. The highest BCUT2D eigenvalue weighted by molar-refractivity contribution is 5.22. The average Bonchev–Trinajstić information content (AvgIpc) is 3.19. The van der Waals surface area contributed by atoms with E-state index in [2.05, 4.69) is 20.8 Å². The molecule has 1 aromatic carbocycles. The molecule has 11 atom stereocenters. The van der Waals surface area contributed by atoms with Crippen molar-refractivity contribution in [3.63, 3.8) is 0 Å². The van der Waals surface area contributed by atoms with Crippen LogP contribution < -0.4 is 0 Å². The number of halogens is 2. The Morgan fingerprint density at radius 1 is 0.861 bits per heavy atom. The van der Waals surface area contributed by atoms with Gasteiger partial charge >= 0.3 is 0 Å². The van der Waals surface area contributed by atoms with Gasteiger partial charge < -0.3 is 15.3 Å². The van der Waals surface area contributed by atoms with E-state index in [1.54, 1.807) is 0 Å². The molecule has 4 aliphatic carbocycles. The van der Waals surface area contributed by atoms with Crippen LogP contribution in [0.5, 0.6) is 0 Å². The van der Waals surface area contributed by atoms with Crippen LogP contribution in [-0.4, -0.2) is 27.5 Å². The van der Waals surface area contributed by atoms with Crippen LogP contribution in [0.15, 0.2) is 18.2 Å². The van der Waals surface area contributed by atoms with E-state index in [-0.39, 0.29) is 16.9 Å². The van der Waals surface area contributed by atoms with Gasteiger partial charge in [-0.2, -0.15) is 0 Å². The van der Waals surface area contributed by atoms with Gasteiger partial charge in [-0.3, -0.25) is 0 Å². The minimum Gasteiger partial charge on any atom is -0.390 e. The highest BCUT2D eigenvalue weighted by Gasteiger charge is 2.61. The van der Waals surface area contributed by atoms with E-state index in [4.69, 9.17) is 0 Å². The zero-order chi connectivity index (χ0) is 25.8. The van der Waals surface area contributed by atoms with Crippen molar-refractivity contribution in [2.75, 3.05) is 0 Å². The average molecular weight is 505 g/mol. The molecule has 36 heavy (non-hydrogen) atoms. The largest absolute Gasteiger partial charge is 0.390 e. The Kier molecular flexibility index (Phi) is 7.33. The molecule has 0 radical (unpaired) electrons. The van der Waals surface area contributed by atoms with Crippen LogP contribution in [0.2, 0.25) is 0 Å². The molecule has 5 rings (SSSR count). The second-order valence-electron chi connectivity index (χ2n) is 13.5. The zero-order valence-corrected chi connectivity index (χ0v) is 22.3. The smallest absolute Gasteiger partial charge is 0.131 e. The summed E-state index contributed by atoms with van der Waals surface area (Å²) < 4.78 is 28.1. The number of aliphatic hydroxyl groups excluding tert-OH is 3. The molecule has 0 aromatic heterocycles. The van der Waals surface area contributed by atoms with Crippen molar-refractivity contribution in [1.82, 2.24) is 0 Å². The van der Waals surface area contributed by atoms with Gasteiger partial charge in [-0.25, -0.2) is 8.78 Å². The Hall–Kier alpha value is -1.04. The van der Waals surface area contributed by atoms with E-state index >= 15 is 0 Å². The SMILES string of the molecule is CC(CCCC(O)c1c(F)cccc1F)[C@H]1CC[C@H]2[C@@H]3CC[C@H]4[C@@H](O)[C@@H](O)CC[C@]4(C)[C@H]3CC[C@]12C. The van der Waals surface area contributed by atoms with Crippen LogP contribution in [0.4, 0.5) is 8.78 Å². The van der Waals surface area contributed by atoms with E-state index in [0.717, 1.165) is 43.9 Å². The standard InChI is InChI=1S/C31H46F2O3/c1-18(6-4-9-26(34)28-24(32)7-5-8-25(28)33)20-12-13-21-19-10-11-23-29(36)27(35)15-17-31(23,3)22(19)14-16-30(20,21)2/h5,7-8,18-23,26-27,29,34-36H,4,6,9-17H2,1-3H3/t18?,19-,20+,21-,22-,23-,26?,27-,29+,30+,31+/m0/s1. The predicted molar refractivity (Wildman–Crippen MR) is 137 cm³/mol. The second-order valence-corrected chi connectivity index (χ2v) is 13.5. The van der Waals surface area contributed by atoms with Crippen molar-refractivity contribution in [3.05, 3.63) is 35.4 Å². The summed E-state index contributed by atoms with van der Waals surface area (Å²) in [4.78, 5) is 0. The molecule has 3 nitrogen and oxygen atoms in total. The molecule has 3 N–H and O–H groups in total. The first kappa shape index (κ1) is 26.6. The first-order chi connectivity index (χ1) is 17.1. The molecule has 202 valence electrons. The van der Waals surface area contributed by atoms with Gasteiger partial charge in [0.15, 0.2) is 0 Å². The Morgan fingerprint density at radius 3 is 2.22 bits per heavy atom. The van der Waals surface area contributed by atoms with Crippen LogP contribution >= 0.6 is 0 Å². The van der Waals surface area contributed by atoms with Gasteiger partial charge in [0, 0.05) is 0 Å². The number of rotatable bonds is 6. The maximum atomic E-state index is 14.0. The number of benzene rings is 1. The normalized spacial score (nSPS) is 43.8. The van der Waals surface area contributed by atoms with Crippen molar-refractivity contribution in [2.24, 2.45) is 46.3 Å². The maximum absolute atomic E-state index is 14.0. The molecule has 0 amide bonds. The third-order valence-corrected chi connectivity index (χ3v) is 12.0. The summed E-state index contributed by atoms with van der Waals surface area (Å²) in [6.07, 6.45) is 8.85. The van der Waals surface area contributed by atoms with Gasteiger partial charge in [0.2, 0.25) is 0 Å². The topological polar surface area (TPSA) is 60.7 Å². The van der Waals surface area contributed by atoms with Gasteiger partial charge in [0.05, 0.1) is 23.9 Å². The summed E-state index contributed by atoms with van der Waals surface area (Å²) in [5.41, 5.74) is 0.276. The van der Waals surface area contributed by atoms with Crippen molar-refractivity contribution in [3.8, 4) is 0 Å². The van der Waals surface area contributed by atoms with Crippen molar-refractivity contribution < 1.29 is 24.1 Å². The molecular weight excluding hydrogens is 458 g/mol. The van der Waals surface area contributed by atoms with Gasteiger partial charge in [-0.1, -0.05) is 39.7 Å². The third kappa shape index (κ3) is 4.25. The van der Waals surface area contributed by atoms with E-state index in [9.17, 15) is 24.1 Å². The van der Waals surface area contributed by atoms with Crippen molar-refractivity contribution in [1.29, 1.82) is 0 Å². The highest BCUT2D eigenvalue weighted by Crippen LogP contribution is 2.68. The van der Waals surface area contributed by atoms with Crippen molar-refractivity contribution >= 4 is 0 Å². The summed E-state index contributed by atoms with van der Waals surface area (Å²) in [6.45, 7) is 7.28. The first-order valence-electron chi connectivity index (χ1n) is 14.6. The van der Waals surface area contributed by atoms with Crippen LogP contribution in [-0.2, 0) is 0 Å². The number of aliphatic hydroxyl groups is 3. The van der Waals surface area contributed by atoms with Gasteiger partial charge in [0.1, 0.15) is 11.6 Å². The molecule has 4 saturated carbocycles. The molecule has 0 saturated heterocycles. The van der Waals surface area contributed by atoms with E-state index in [1.807, 2.05) is 0 Å².